The molecule has 1 aromatic rings. The molecule has 1 aromatic carbocycles. The average molecular weight is 326 g/mol. The summed E-state index contributed by atoms with van der Waals surface area (Å²) in [5.74, 6) is -6.45. The number of hydrogen-bond donors (Lipinski definition) is 4. The van der Waals surface area contributed by atoms with Crippen LogP contribution in [0.3, 0.4) is 0 Å². The van der Waals surface area contributed by atoms with Crippen LogP contribution in [0.1, 0.15) is 24.5 Å². The molecule has 124 valence electrons. The molecular formula is C14H14O9. The van der Waals surface area contributed by atoms with Gasteiger partial charge in [0.15, 0.2) is 11.7 Å². The van der Waals surface area contributed by atoms with E-state index < -0.39 is 48.4 Å². The minimum absolute atomic E-state index is 0.143. The first-order valence-corrected chi connectivity index (χ1v) is 6.31. The van der Waals surface area contributed by atoms with E-state index in [9.17, 15) is 29.4 Å². The fourth-order valence-corrected chi connectivity index (χ4v) is 1.68. The summed E-state index contributed by atoms with van der Waals surface area (Å²) < 4.78 is 4.25. The highest BCUT2D eigenvalue weighted by molar-refractivity contribution is 5.93. The first-order chi connectivity index (χ1) is 10.7. The van der Waals surface area contributed by atoms with Crippen molar-refractivity contribution in [1.82, 2.24) is 0 Å². The normalized spacial score (nSPS) is 14.3. The molecule has 0 fully saturated rings. The second-order valence-corrected chi connectivity index (χ2v) is 4.69. The third-order valence-corrected chi connectivity index (χ3v) is 2.83. The van der Waals surface area contributed by atoms with Gasteiger partial charge in [-0.1, -0.05) is 30.3 Å². The molecule has 2 atom stereocenters. The van der Waals surface area contributed by atoms with Gasteiger partial charge in [-0.3, -0.25) is 9.59 Å². The Balaban J connectivity index is 2.73. The first kappa shape index (κ1) is 18.3. The number of aliphatic hydroxyl groups is 2. The van der Waals surface area contributed by atoms with Gasteiger partial charge in [-0.05, 0) is 5.56 Å². The van der Waals surface area contributed by atoms with Gasteiger partial charge in [0, 0.05) is 0 Å². The minimum Gasteiger partial charge on any atom is -0.481 e. The summed E-state index contributed by atoms with van der Waals surface area (Å²) >= 11 is 0. The van der Waals surface area contributed by atoms with Crippen molar-refractivity contribution >= 4 is 23.9 Å². The lowest BCUT2D eigenvalue weighted by Gasteiger charge is -2.20. The number of aliphatic hydroxyl groups excluding tert-OH is 1. The van der Waals surface area contributed by atoms with E-state index in [2.05, 4.69) is 4.74 Å². The molecule has 0 bridgehead atoms. The molecule has 0 heterocycles. The smallest absolute Gasteiger partial charge is 0.347 e. The molecule has 0 aliphatic carbocycles. The summed E-state index contributed by atoms with van der Waals surface area (Å²) in [4.78, 5) is 44.5. The van der Waals surface area contributed by atoms with E-state index in [1.165, 1.54) is 24.3 Å². The van der Waals surface area contributed by atoms with Crippen molar-refractivity contribution in [2.24, 2.45) is 0 Å². The number of benzene rings is 1. The molecule has 0 saturated carbocycles. The lowest BCUT2D eigenvalue weighted by atomic mass is 9.96. The van der Waals surface area contributed by atoms with Crippen molar-refractivity contribution in [3.05, 3.63) is 35.9 Å². The summed E-state index contributed by atoms with van der Waals surface area (Å²) in [7, 11) is 0. The summed E-state index contributed by atoms with van der Waals surface area (Å²) in [6.45, 7) is 0. The standard InChI is InChI=1S/C14H14O9/c15-9(16)6-14(22,13(20)21)7-10(17)23-12(19)11(18)8-4-2-1-3-5-8/h1-5,11,18,22H,6-7H2,(H,15,16)(H,20,21)/t11-,14?/m1/s1. The van der Waals surface area contributed by atoms with Crippen molar-refractivity contribution in [2.45, 2.75) is 24.5 Å². The number of aliphatic carboxylic acids is 2. The summed E-state index contributed by atoms with van der Waals surface area (Å²) in [6, 6.07) is 7.49. The van der Waals surface area contributed by atoms with Crippen molar-refractivity contribution in [1.29, 1.82) is 0 Å². The predicted octanol–water partition coefficient (Wildman–Crippen LogP) is -0.530. The Hall–Kier alpha value is -2.78. The Morgan fingerprint density at radius 2 is 1.61 bits per heavy atom. The molecule has 0 aliphatic heterocycles. The zero-order valence-corrected chi connectivity index (χ0v) is 11.7. The second-order valence-electron chi connectivity index (χ2n) is 4.69. The van der Waals surface area contributed by atoms with E-state index in [0.717, 1.165) is 0 Å². The number of carboxylic acids is 2. The van der Waals surface area contributed by atoms with Crippen LogP contribution in [0.5, 0.6) is 0 Å². The van der Waals surface area contributed by atoms with Gasteiger partial charge in [0.25, 0.3) is 0 Å². The fourth-order valence-electron chi connectivity index (χ4n) is 1.68. The van der Waals surface area contributed by atoms with Crippen LogP contribution in [0.15, 0.2) is 30.3 Å². The van der Waals surface area contributed by atoms with Crippen LogP contribution < -0.4 is 0 Å². The van der Waals surface area contributed by atoms with Crippen LogP contribution in [0.4, 0.5) is 0 Å². The van der Waals surface area contributed by atoms with Crippen LogP contribution >= 0.6 is 0 Å². The fraction of sp³-hybridized carbons (Fsp3) is 0.286. The topological polar surface area (TPSA) is 158 Å². The largest absolute Gasteiger partial charge is 0.481 e. The van der Waals surface area contributed by atoms with Crippen molar-refractivity contribution < 1.29 is 44.3 Å². The number of carbonyl (C=O) groups excluding carboxylic acids is 2. The van der Waals surface area contributed by atoms with Crippen LogP contribution in [0, 0.1) is 0 Å². The van der Waals surface area contributed by atoms with Gasteiger partial charge in [-0.2, -0.15) is 0 Å². The Morgan fingerprint density at radius 3 is 2.09 bits per heavy atom. The monoisotopic (exact) mass is 326 g/mol. The number of carboxylic acid groups (broad SMARTS) is 2. The van der Waals surface area contributed by atoms with Crippen LogP contribution in [0.2, 0.25) is 0 Å². The zero-order valence-electron chi connectivity index (χ0n) is 11.7. The highest BCUT2D eigenvalue weighted by atomic mass is 16.6. The van der Waals surface area contributed by atoms with Crippen LogP contribution in [0.25, 0.3) is 0 Å². The van der Waals surface area contributed by atoms with Gasteiger partial charge >= 0.3 is 23.9 Å². The molecule has 1 rings (SSSR count). The molecule has 0 aliphatic rings. The SMILES string of the molecule is O=C(O)CC(O)(CC(=O)OC(=O)[C@H](O)c1ccccc1)C(=O)O. The van der Waals surface area contributed by atoms with E-state index in [4.69, 9.17) is 10.2 Å². The van der Waals surface area contributed by atoms with Gasteiger partial charge in [0.1, 0.15) is 0 Å². The Morgan fingerprint density at radius 1 is 1.04 bits per heavy atom. The van der Waals surface area contributed by atoms with E-state index >= 15 is 0 Å². The maximum Gasteiger partial charge on any atom is 0.347 e. The van der Waals surface area contributed by atoms with Crippen LogP contribution in [-0.2, 0) is 23.9 Å². The Kier molecular flexibility index (Phi) is 5.94. The number of ether oxygens (including phenoxy) is 1. The molecule has 0 aromatic heterocycles. The molecule has 23 heavy (non-hydrogen) atoms. The van der Waals surface area contributed by atoms with E-state index in [1.807, 2.05) is 0 Å². The number of esters is 2. The third-order valence-electron chi connectivity index (χ3n) is 2.83. The number of rotatable bonds is 7. The number of hydrogen-bond acceptors (Lipinski definition) is 7. The Bertz CT molecular complexity index is 610. The van der Waals surface area contributed by atoms with Crippen molar-refractivity contribution in [3.8, 4) is 0 Å². The zero-order chi connectivity index (χ0) is 17.6. The van der Waals surface area contributed by atoms with E-state index in [1.54, 1.807) is 6.07 Å². The van der Waals surface area contributed by atoms with Gasteiger partial charge < -0.3 is 25.2 Å². The lowest BCUT2D eigenvalue weighted by molar-refractivity contribution is -0.177. The summed E-state index contributed by atoms with van der Waals surface area (Å²) in [5.41, 5.74) is -2.77. The van der Waals surface area contributed by atoms with Gasteiger partial charge in [-0.15, -0.1) is 0 Å². The first-order valence-electron chi connectivity index (χ1n) is 6.31. The molecule has 0 radical (unpaired) electrons. The van der Waals surface area contributed by atoms with Gasteiger partial charge in [0.05, 0.1) is 12.8 Å². The molecule has 0 amide bonds. The summed E-state index contributed by atoms with van der Waals surface area (Å²) in [6.07, 6.45) is -4.30. The molecule has 9 nitrogen and oxygen atoms in total. The molecule has 0 spiro atoms. The predicted molar refractivity (Wildman–Crippen MR) is 72.0 cm³/mol. The molecule has 1 unspecified atom stereocenters. The molecular weight excluding hydrogens is 312 g/mol. The van der Waals surface area contributed by atoms with Gasteiger partial charge in [0.2, 0.25) is 0 Å². The lowest BCUT2D eigenvalue weighted by Crippen LogP contribution is -2.43. The highest BCUT2D eigenvalue weighted by Crippen LogP contribution is 2.19. The van der Waals surface area contributed by atoms with E-state index in [-0.39, 0.29) is 5.56 Å². The van der Waals surface area contributed by atoms with Crippen LogP contribution in [-0.4, -0.2) is 49.9 Å². The number of carbonyl (C=O) groups is 4. The second kappa shape index (κ2) is 7.47. The Labute approximate surface area is 129 Å². The van der Waals surface area contributed by atoms with Crippen molar-refractivity contribution in [2.75, 3.05) is 0 Å². The van der Waals surface area contributed by atoms with E-state index in [0.29, 0.717) is 0 Å². The van der Waals surface area contributed by atoms with Crippen molar-refractivity contribution in [3.63, 3.8) is 0 Å². The van der Waals surface area contributed by atoms with Gasteiger partial charge in [-0.25, -0.2) is 9.59 Å². The minimum atomic E-state index is -2.92. The summed E-state index contributed by atoms with van der Waals surface area (Å²) in [5, 5.41) is 36.7. The maximum atomic E-state index is 11.6. The molecule has 4 N–H and O–H groups in total. The maximum absolute atomic E-state index is 11.6. The molecule has 9 heteroatoms. The average Bonchev–Trinajstić information content (AvgIpc) is 2.45. The quantitative estimate of drug-likeness (QED) is 0.381. The molecule has 0 saturated heterocycles. The highest BCUT2D eigenvalue weighted by Gasteiger charge is 2.42. The third kappa shape index (κ3) is 5.16.